The van der Waals surface area contributed by atoms with Crippen LogP contribution in [0.25, 0.3) is 0 Å². The molecule has 0 heterocycles. The lowest BCUT2D eigenvalue weighted by molar-refractivity contribution is -0.0498. The third-order valence-electron chi connectivity index (χ3n) is 3.49. The lowest BCUT2D eigenvalue weighted by Crippen LogP contribution is -2.32. The lowest BCUT2D eigenvalue weighted by Gasteiger charge is -2.27. The molecule has 1 aliphatic rings. The van der Waals surface area contributed by atoms with Crippen molar-refractivity contribution in [3.63, 3.8) is 0 Å². The zero-order valence-electron chi connectivity index (χ0n) is 11.1. The number of rotatable bonds is 7. The Labute approximate surface area is 112 Å². The summed E-state index contributed by atoms with van der Waals surface area (Å²) < 4.78 is 28.5. The van der Waals surface area contributed by atoms with Gasteiger partial charge in [-0.25, -0.2) is 0 Å². The minimum atomic E-state index is -2.78. The van der Waals surface area contributed by atoms with Crippen molar-refractivity contribution in [2.24, 2.45) is 11.7 Å². The van der Waals surface area contributed by atoms with Crippen molar-refractivity contribution in [1.29, 1.82) is 0 Å². The minimum absolute atomic E-state index is 0.126. The van der Waals surface area contributed by atoms with Crippen LogP contribution >= 0.6 is 0 Å². The Hall–Kier alpha value is -1.20. The van der Waals surface area contributed by atoms with E-state index in [9.17, 15) is 8.78 Å². The molecule has 5 heteroatoms. The molecule has 1 aromatic carbocycles. The van der Waals surface area contributed by atoms with Crippen LogP contribution in [0.1, 0.15) is 24.4 Å². The molecule has 1 atom stereocenters. The fourth-order valence-corrected chi connectivity index (χ4v) is 2.28. The smallest absolute Gasteiger partial charge is 0.387 e. The maximum atomic E-state index is 12.1. The first-order valence-corrected chi connectivity index (χ1v) is 6.55. The molecule has 1 fully saturated rings. The summed E-state index contributed by atoms with van der Waals surface area (Å²) in [6.07, 6.45) is 2.59. The van der Waals surface area contributed by atoms with Crippen molar-refractivity contribution >= 4 is 0 Å². The molecule has 0 bridgehead atoms. The molecule has 0 radical (unpaired) electrons. The number of likely N-dealkylation sites (N-methyl/N-ethyl adjacent to an activating group) is 1. The van der Waals surface area contributed by atoms with E-state index in [-0.39, 0.29) is 11.8 Å². The minimum Gasteiger partial charge on any atom is -0.435 e. The van der Waals surface area contributed by atoms with Gasteiger partial charge in [-0.2, -0.15) is 8.78 Å². The summed E-state index contributed by atoms with van der Waals surface area (Å²) in [6, 6.07) is 6.86. The molecular formula is C14H20F2N2O. The number of halogens is 2. The molecule has 0 saturated heterocycles. The Bertz CT molecular complexity index is 393. The zero-order chi connectivity index (χ0) is 13.8. The molecule has 1 aliphatic carbocycles. The Morgan fingerprint density at radius 1 is 1.32 bits per heavy atom. The second-order valence-corrected chi connectivity index (χ2v) is 5.08. The second kappa shape index (κ2) is 6.30. The van der Waals surface area contributed by atoms with Gasteiger partial charge in [0, 0.05) is 19.1 Å². The Morgan fingerprint density at radius 2 is 1.95 bits per heavy atom. The first-order chi connectivity index (χ1) is 9.10. The molecule has 2 N–H and O–H groups in total. The number of nitrogens with zero attached hydrogens (tertiary/aromatic N) is 1. The maximum absolute atomic E-state index is 12.1. The van der Waals surface area contributed by atoms with Crippen molar-refractivity contribution in [3.8, 4) is 5.75 Å². The summed E-state index contributed by atoms with van der Waals surface area (Å²) in [7, 11) is 2.05. The molecule has 0 aliphatic heterocycles. The van der Waals surface area contributed by atoms with Crippen LogP contribution in [0.5, 0.6) is 5.75 Å². The van der Waals surface area contributed by atoms with Gasteiger partial charge in [-0.05, 0) is 43.5 Å². The highest BCUT2D eigenvalue weighted by Crippen LogP contribution is 2.32. The molecular weight excluding hydrogens is 250 g/mol. The maximum Gasteiger partial charge on any atom is 0.387 e. The van der Waals surface area contributed by atoms with Gasteiger partial charge >= 0.3 is 6.61 Å². The molecule has 1 saturated carbocycles. The van der Waals surface area contributed by atoms with Gasteiger partial charge in [0.2, 0.25) is 0 Å². The molecule has 0 spiro atoms. The van der Waals surface area contributed by atoms with Gasteiger partial charge < -0.3 is 10.5 Å². The molecule has 0 amide bonds. The van der Waals surface area contributed by atoms with Gasteiger partial charge in [0.1, 0.15) is 5.75 Å². The summed E-state index contributed by atoms with van der Waals surface area (Å²) in [5.41, 5.74) is 6.86. The predicted octanol–water partition coefficient (Wildman–Crippen LogP) is 2.63. The SMILES string of the molecule is CN(CC1CC1)C(CN)c1ccc(OC(F)F)cc1. The fourth-order valence-electron chi connectivity index (χ4n) is 2.28. The van der Waals surface area contributed by atoms with Crippen molar-refractivity contribution in [2.75, 3.05) is 20.1 Å². The van der Waals surface area contributed by atoms with E-state index in [1.807, 2.05) is 0 Å². The van der Waals surface area contributed by atoms with Gasteiger partial charge in [-0.15, -0.1) is 0 Å². The molecule has 0 aromatic heterocycles. The average Bonchev–Trinajstić information content (AvgIpc) is 3.15. The van der Waals surface area contributed by atoms with E-state index in [0.29, 0.717) is 6.54 Å². The largest absolute Gasteiger partial charge is 0.435 e. The molecule has 3 nitrogen and oxygen atoms in total. The van der Waals surface area contributed by atoms with Crippen LogP contribution in [0.2, 0.25) is 0 Å². The standard InChI is InChI=1S/C14H20F2N2O/c1-18(9-10-2-3-10)13(8-17)11-4-6-12(7-5-11)19-14(15)16/h4-7,10,13-14H,2-3,8-9,17H2,1H3. The van der Waals surface area contributed by atoms with Crippen molar-refractivity contribution < 1.29 is 13.5 Å². The van der Waals surface area contributed by atoms with Gasteiger partial charge in [0.25, 0.3) is 0 Å². The van der Waals surface area contributed by atoms with Crippen LogP contribution < -0.4 is 10.5 Å². The van der Waals surface area contributed by atoms with E-state index in [2.05, 4.69) is 16.7 Å². The highest BCUT2D eigenvalue weighted by Gasteiger charge is 2.26. The van der Waals surface area contributed by atoms with Crippen molar-refractivity contribution in [1.82, 2.24) is 4.90 Å². The van der Waals surface area contributed by atoms with Gasteiger partial charge in [-0.3, -0.25) is 4.90 Å². The number of hydrogen-bond acceptors (Lipinski definition) is 3. The molecule has 106 valence electrons. The molecule has 2 rings (SSSR count). The van der Waals surface area contributed by atoms with Crippen molar-refractivity contribution in [2.45, 2.75) is 25.5 Å². The highest BCUT2D eigenvalue weighted by atomic mass is 19.3. The van der Waals surface area contributed by atoms with Gasteiger partial charge in [0.15, 0.2) is 0 Å². The summed E-state index contributed by atoms with van der Waals surface area (Å²) in [4.78, 5) is 2.24. The van der Waals surface area contributed by atoms with E-state index in [0.717, 1.165) is 18.0 Å². The third-order valence-corrected chi connectivity index (χ3v) is 3.49. The molecule has 1 unspecified atom stereocenters. The van der Waals surface area contributed by atoms with Crippen LogP contribution in [0.4, 0.5) is 8.78 Å². The van der Waals surface area contributed by atoms with E-state index in [1.54, 1.807) is 24.3 Å². The van der Waals surface area contributed by atoms with Crippen LogP contribution in [-0.4, -0.2) is 31.6 Å². The van der Waals surface area contributed by atoms with Crippen molar-refractivity contribution in [3.05, 3.63) is 29.8 Å². The van der Waals surface area contributed by atoms with Crippen LogP contribution in [0.3, 0.4) is 0 Å². The Balaban J connectivity index is 2.00. The van der Waals surface area contributed by atoms with Gasteiger partial charge in [-0.1, -0.05) is 12.1 Å². The summed E-state index contributed by atoms with van der Waals surface area (Å²) in [5.74, 6) is 0.972. The number of ether oxygens (including phenoxy) is 1. The summed E-state index contributed by atoms with van der Waals surface area (Å²) in [6.45, 7) is -1.23. The first-order valence-electron chi connectivity index (χ1n) is 6.55. The second-order valence-electron chi connectivity index (χ2n) is 5.08. The highest BCUT2D eigenvalue weighted by molar-refractivity contribution is 5.29. The monoisotopic (exact) mass is 270 g/mol. The van der Waals surface area contributed by atoms with E-state index in [1.165, 1.54) is 12.8 Å². The number of hydrogen-bond donors (Lipinski definition) is 1. The Kier molecular flexibility index (Phi) is 4.71. The van der Waals surface area contributed by atoms with Crippen LogP contribution in [-0.2, 0) is 0 Å². The van der Waals surface area contributed by atoms with Crippen LogP contribution in [0.15, 0.2) is 24.3 Å². The average molecular weight is 270 g/mol. The molecule has 1 aromatic rings. The van der Waals surface area contributed by atoms with E-state index >= 15 is 0 Å². The zero-order valence-corrected chi connectivity index (χ0v) is 11.1. The topological polar surface area (TPSA) is 38.5 Å². The number of benzene rings is 1. The molecule has 19 heavy (non-hydrogen) atoms. The Morgan fingerprint density at radius 3 is 2.42 bits per heavy atom. The number of alkyl halides is 2. The first kappa shape index (κ1) is 14.2. The third kappa shape index (κ3) is 4.14. The summed E-state index contributed by atoms with van der Waals surface area (Å²) in [5, 5.41) is 0. The normalized spacial score (nSPS) is 16.9. The summed E-state index contributed by atoms with van der Waals surface area (Å²) >= 11 is 0. The van der Waals surface area contributed by atoms with E-state index < -0.39 is 6.61 Å². The van der Waals surface area contributed by atoms with Gasteiger partial charge in [0.05, 0.1) is 0 Å². The predicted molar refractivity (Wildman–Crippen MR) is 70.2 cm³/mol. The lowest BCUT2D eigenvalue weighted by atomic mass is 10.1. The number of nitrogens with two attached hydrogens (primary N) is 1. The van der Waals surface area contributed by atoms with E-state index in [4.69, 9.17) is 5.73 Å². The fraction of sp³-hybridized carbons (Fsp3) is 0.571. The quantitative estimate of drug-likeness (QED) is 0.827. The van der Waals surface area contributed by atoms with Crippen LogP contribution in [0, 0.1) is 5.92 Å².